The fourth-order valence-electron chi connectivity index (χ4n) is 0.995. The molecule has 0 amide bonds. The van der Waals surface area contributed by atoms with Crippen LogP contribution in [-0.4, -0.2) is 22.4 Å². The Balaban J connectivity index is 2.78. The Bertz CT molecular complexity index is 237. The minimum absolute atomic E-state index is 0.282. The van der Waals surface area contributed by atoms with Gasteiger partial charge in [0, 0.05) is 12.5 Å². The van der Waals surface area contributed by atoms with Gasteiger partial charge in [0.15, 0.2) is 0 Å². The first-order valence-corrected chi connectivity index (χ1v) is 3.38. The third kappa shape index (κ3) is 1.90. The summed E-state index contributed by atoms with van der Waals surface area (Å²) in [5.41, 5.74) is 0.567. The highest BCUT2D eigenvalue weighted by molar-refractivity contribution is 5.31. The van der Waals surface area contributed by atoms with E-state index >= 15 is 0 Å². The van der Waals surface area contributed by atoms with Crippen LogP contribution in [0.1, 0.15) is 6.42 Å². The van der Waals surface area contributed by atoms with Crippen LogP contribution in [0.5, 0.6) is 0 Å². The fraction of sp³-hybridized carbons (Fsp3) is 0.375. The number of hydrogen-bond acceptors (Lipinski definition) is 3. The maximum Gasteiger partial charge on any atom is 0.0915 e. The zero-order valence-corrected chi connectivity index (χ0v) is 5.94. The van der Waals surface area contributed by atoms with Gasteiger partial charge in [0.2, 0.25) is 0 Å². The molecule has 0 heterocycles. The maximum atomic E-state index is 9.24. The Morgan fingerprint density at radius 1 is 1.64 bits per heavy atom. The molecule has 1 aliphatic rings. The van der Waals surface area contributed by atoms with E-state index < -0.39 is 12.2 Å². The molecule has 11 heavy (non-hydrogen) atoms. The molecule has 1 rings (SSSR count). The van der Waals surface area contributed by atoms with Gasteiger partial charge in [0.05, 0.1) is 18.3 Å². The standard InChI is InChI=1S/C8H9NO2/c9-4-3-6-1-2-7(10)5-8(6)11/h1-3,7-8,10-11H,5H2/b6-3-/t7-,8-/m1/s1. The summed E-state index contributed by atoms with van der Waals surface area (Å²) in [6.45, 7) is 0. The van der Waals surface area contributed by atoms with E-state index in [1.54, 1.807) is 12.2 Å². The van der Waals surface area contributed by atoms with Gasteiger partial charge in [-0.25, -0.2) is 0 Å². The van der Waals surface area contributed by atoms with E-state index in [0.717, 1.165) is 0 Å². The summed E-state index contributed by atoms with van der Waals surface area (Å²) in [5.74, 6) is 0. The monoisotopic (exact) mass is 151 g/mol. The summed E-state index contributed by atoms with van der Waals surface area (Å²) in [5, 5.41) is 26.5. The van der Waals surface area contributed by atoms with E-state index in [0.29, 0.717) is 5.57 Å². The Morgan fingerprint density at radius 2 is 2.36 bits per heavy atom. The van der Waals surface area contributed by atoms with Crippen LogP contribution in [-0.2, 0) is 0 Å². The molecule has 0 unspecified atom stereocenters. The third-order valence-electron chi connectivity index (χ3n) is 1.59. The molecule has 0 aromatic rings. The zero-order chi connectivity index (χ0) is 8.27. The molecule has 0 aromatic carbocycles. The maximum absolute atomic E-state index is 9.24. The van der Waals surface area contributed by atoms with E-state index in [-0.39, 0.29) is 6.42 Å². The third-order valence-corrected chi connectivity index (χ3v) is 1.59. The number of aliphatic hydroxyl groups is 2. The molecule has 0 radical (unpaired) electrons. The van der Waals surface area contributed by atoms with Crippen molar-refractivity contribution in [2.75, 3.05) is 0 Å². The van der Waals surface area contributed by atoms with Crippen molar-refractivity contribution in [3.8, 4) is 6.07 Å². The Labute approximate surface area is 64.9 Å². The van der Waals surface area contributed by atoms with Crippen LogP contribution < -0.4 is 0 Å². The van der Waals surface area contributed by atoms with Crippen molar-refractivity contribution in [3.05, 3.63) is 23.8 Å². The van der Waals surface area contributed by atoms with E-state index in [9.17, 15) is 5.11 Å². The van der Waals surface area contributed by atoms with Gasteiger partial charge in [-0.1, -0.05) is 12.2 Å². The molecule has 1 aliphatic carbocycles. The van der Waals surface area contributed by atoms with Gasteiger partial charge < -0.3 is 10.2 Å². The molecule has 0 aromatic heterocycles. The number of nitrogens with zero attached hydrogens (tertiary/aromatic N) is 1. The van der Waals surface area contributed by atoms with Gasteiger partial charge >= 0.3 is 0 Å². The number of aliphatic hydroxyl groups excluding tert-OH is 2. The predicted molar refractivity (Wildman–Crippen MR) is 39.5 cm³/mol. The van der Waals surface area contributed by atoms with Gasteiger partial charge in [0.1, 0.15) is 0 Å². The zero-order valence-electron chi connectivity index (χ0n) is 5.94. The highest BCUT2D eigenvalue weighted by atomic mass is 16.3. The summed E-state index contributed by atoms with van der Waals surface area (Å²) in [4.78, 5) is 0. The summed E-state index contributed by atoms with van der Waals surface area (Å²) in [6, 6.07) is 1.83. The first-order chi connectivity index (χ1) is 5.24. The largest absolute Gasteiger partial charge is 0.389 e. The van der Waals surface area contributed by atoms with Crippen LogP contribution in [0.2, 0.25) is 0 Å². The van der Waals surface area contributed by atoms with Gasteiger partial charge in [-0.05, 0) is 5.57 Å². The summed E-state index contributed by atoms with van der Waals surface area (Å²) >= 11 is 0. The summed E-state index contributed by atoms with van der Waals surface area (Å²) in [7, 11) is 0. The molecule has 3 nitrogen and oxygen atoms in total. The molecule has 2 N–H and O–H groups in total. The predicted octanol–water partition coefficient (Wildman–Crippen LogP) is 0.118. The van der Waals surface area contributed by atoms with Crippen molar-refractivity contribution in [1.82, 2.24) is 0 Å². The molecular formula is C8H9NO2. The number of allylic oxidation sites excluding steroid dienone is 1. The van der Waals surface area contributed by atoms with Crippen molar-refractivity contribution < 1.29 is 10.2 Å². The van der Waals surface area contributed by atoms with E-state index in [4.69, 9.17) is 10.4 Å². The van der Waals surface area contributed by atoms with Crippen LogP contribution >= 0.6 is 0 Å². The summed E-state index contributed by atoms with van der Waals surface area (Å²) < 4.78 is 0. The van der Waals surface area contributed by atoms with Crippen molar-refractivity contribution in [2.45, 2.75) is 18.6 Å². The lowest BCUT2D eigenvalue weighted by Crippen LogP contribution is -2.21. The van der Waals surface area contributed by atoms with Gasteiger partial charge in [0.25, 0.3) is 0 Å². The molecular weight excluding hydrogens is 142 g/mol. The molecule has 0 spiro atoms. The molecule has 0 saturated heterocycles. The highest BCUT2D eigenvalue weighted by Gasteiger charge is 2.16. The molecule has 0 bridgehead atoms. The van der Waals surface area contributed by atoms with E-state index in [1.165, 1.54) is 6.08 Å². The minimum Gasteiger partial charge on any atom is -0.389 e. The second-order valence-electron chi connectivity index (χ2n) is 2.45. The van der Waals surface area contributed by atoms with E-state index in [1.807, 2.05) is 6.07 Å². The Hall–Kier alpha value is -1.11. The average molecular weight is 151 g/mol. The van der Waals surface area contributed by atoms with Crippen molar-refractivity contribution in [3.63, 3.8) is 0 Å². The van der Waals surface area contributed by atoms with Crippen LogP contribution in [0.4, 0.5) is 0 Å². The first kappa shape index (κ1) is 7.99. The molecule has 2 atom stereocenters. The number of hydrogen-bond donors (Lipinski definition) is 2. The smallest absolute Gasteiger partial charge is 0.0915 e. The lowest BCUT2D eigenvalue weighted by molar-refractivity contribution is 0.122. The van der Waals surface area contributed by atoms with Crippen molar-refractivity contribution in [1.29, 1.82) is 5.26 Å². The minimum atomic E-state index is -0.699. The van der Waals surface area contributed by atoms with Gasteiger partial charge in [-0.2, -0.15) is 5.26 Å². The van der Waals surface area contributed by atoms with E-state index in [2.05, 4.69) is 0 Å². The van der Waals surface area contributed by atoms with Crippen LogP contribution in [0, 0.1) is 11.3 Å². The Morgan fingerprint density at radius 3 is 2.91 bits per heavy atom. The second-order valence-corrected chi connectivity index (χ2v) is 2.45. The van der Waals surface area contributed by atoms with Crippen LogP contribution in [0.3, 0.4) is 0 Å². The van der Waals surface area contributed by atoms with Crippen LogP contribution in [0.15, 0.2) is 23.8 Å². The quantitative estimate of drug-likeness (QED) is 0.483. The average Bonchev–Trinajstić information content (AvgIpc) is 1.95. The Kier molecular flexibility index (Phi) is 2.42. The number of nitriles is 1. The number of rotatable bonds is 0. The topological polar surface area (TPSA) is 64.2 Å². The molecule has 0 fully saturated rings. The molecule has 0 saturated carbocycles. The first-order valence-electron chi connectivity index (χ1n) is 3.38. The van der Waals surface area contributed by atoms with Crippen molar-refractivity contribution >= 4 is 0 Å². The van der Waals surface area contributed by atoms with Crippen molar-refractivity contribution in [2.24, 2.45) is 0 Å². The fourth-order valence-corrected chi connectivity index (χ4v) is 0.995. The van der Waals surface area contributed by atoms with Crippen LogP contribution in [0.25, 0.3) is 0 Å². The second kappa shape index (κ2) is 3.33. The summed E-state index contributed by atoms with van der Waals surface area (Å²) in [6.07, 6.45) is 3.42. The molecule has 0 aliphatic heterocycles. The SMILES string of the molecule is N#C/C=C1/C=C[C@@H](O)C[C@H]1O. The molecule has 58 valence electrons. The van der Waals surface area contributed by atoms with Gasteiger partial charge in [-0.3, -0.25) is 0 Å². The lowest BCUT2D eigenvalue weighted by atomic mass is 9.97. The normalized spacial score (nSPS) is 33.7. The lowest BCUT2D eigenvalue weighted by Gasteiger charge is -2.18. The van der Waals surface area contributed by atoms with Gasteiger partial charge in [-0.15, -0.1) is 0 Å². The highest BCUT2D eigenvalue weighted by Crippen LogP contribution is 2.16. The molecule has 3 heteroatoms.